The molecule has 1 atom stereocenters. The molecule has 13 heteroatoms. The van der Waals surface area contributed by atoms with Crippen LogP contribution in [0.4, 0.5) is 0 Å². The van der Waals surface area contributed by atoms with Crippen LogP contribution in [0, 0.1) is 0 Å². The number of ether oxygens (including phenoxy) is 2. The number of benzene rings is 2. The van der Waals surface area contributed by atoms with Gasteiger partial charge in [-0.3, -0.25) is 14.4 Å². The molecule has 270 valence electrons. The highest BCUT2D eigenvalue weighted by Gasteiger charge is 2.43. The SMILES string of the molecule is CC1=CC(C(=O)c2ccccc2O)=CN2CCc3c([nH]c4ccc(OCC(=O)NCCCCCC(=O)OC(C)(C)C)cc34)[C@@]12C.O=C=O.O=C=O. The van der Waals surface area contributed by atoms with Crippen LogP contribution < -0.4 is 10.1 Å². The van der Waals surface area contributed by atoms with Crippen LogP contribution >= 0.6 is 0 Å². The lowest BCUT2D eigenvalue weighted by Crippen LogP contribution is -2.48. The fraction of sp³-hybridized carbons (Fsp3) is 0.395. The largest absolute Gasteiger partial charge is 0.507 e. The number of aromatic hydroxyl groups is 1. The summed E-state index contributed by atoms with van der Waals surface area (Å²) < 4.78 is 11.2. The number of nitrogens with one attached hydrogen (secondary N) is 2. The number of Topliss-reactive ketones (excluding diaryl/α,β-unsaturated/α-hetero) is 1. The van der Waals surface area contributed by atoms with Crippen LogP contribution in [-0.4, -0.2) is 70.3 Å². The predicted molar refractivity (Wildman–Crippen MR) is 183 cm³/mol. The number of amides is 1. The zero-order valence-corrected chi connectivity index (χ0v) is 29.4. The van der Waals surface area contributed by atoms with E-state index < -0.39 is 11.1 Å². The Bertz CT molecular complexity index is 1860. The van der Waals surface area contributed by atoms with Gasteiger partial charge in [-0.2, -0.15) is 19.2 Å². The van der Waals surface area contributed by atoms with Gasteiger partial charge < -0.3 is 29.8 Å². The summed E-state index contributed by atoms with van der Waals surface area (Å²) in [4.78, 5) is 75.8. The molecule has 0 unspecified atom stereocenters. The molecule has 1 amide bonds. The van der Waals surface area contributed by atoms with Gasteiger partial charge in [0.15, 0.2) is 12.4 Å². The number of unbranched alkanes of at least 4 members (excludes halogenated alkanes) is 2. The molecule has 2 aromatic carbocycles. The average molecular weight is 702 g/mol. The lowest BCUT2D eigenvalue weighted by atomic mass is 9.78. The summed E-state index contributed by atoms with van der Waals surface area (Å²) in [5.74, 6) is 0.00433. The van der Waals surface area contributed by atoms with Crippen molar-refractivity contribution >= 4 is 40.9 Å². The number of carbonyl (C=O) groups is 3. The fourth-order valence-electron chi connectivity index (χ4n) is 6.12. The number of hydrogen-bond donors (Lipinski definition) is 3. The van der Waals surface area contributed by atoms with Crippen molar-refractivity contribution in [1.29, 1.82) is 0 Å². The maximum atomic E-state index is 13.3. The van der Waals surface area contributed by atoms with Gasteiger partial charge in [0.1, 0.15) is 17.1 Å². The molecule has 2 aliphatic heterocycles. The number of esters is 1. The van der Waals surface area contributed by atoms with Gasteiger partial charge in [-0.15, -0.1) is 0 Å². The first-order valence-electron chi connectivity index (χ1n) is 16.4. The molecule has 51 heavy (non-hydrogen) atoms. The summed E-state index contributed by atoms with van der Waals surface area (Å²) in [5.41, 5.74) is 4.17. The van der Waals surface area contributed by atoms with Gasteiger partial charge in [0.05, 0.1) is 11.1 Å². The quantitative estimate of drug-likeness (QED) is 0.140. The molecule has 0 spiro atoms. The molecule has 2 aliphatic rings. The number of H-pyrrole nitrogens is 1. The van der Waals surface area contributed by atoms with Crippen molar-refractivity contribution in [2.24, 2.45) is 0 Å². The van der Waals surface area contributed by atoms with E-state index in [1.165, 1.54) is 11.6 Å². The summed E-state index contributed by atoms with van der Waals surface area (Å²) in [6.45, 7) is 10.9. The number of fused-ring (bicyclic) bond motifs is 5. The minimum atomic E-state index is -0.471. The third-order valence-corrected chi connectivity index (χ3v) is 8.56. The number of aromatic amines is 1. The Balaban J connectivity index is 0.00000109. The fourth-order valence-corrected chi connectivity index (χ4v) is 6.12. The molecule has 3 heterocycles. The number of carbonyl (C=O) groups excluding carboxylic acids is 7. The van der Waals surface area contributed by atoms with Crippen LogP contribution in [0.5, 0.6) is 11.5 Å². The number of para-hydroxylation sites is 1. The second kappa shape index (κ2) is 17.8. The van der Waals surface area contributed by atoms with E-state index in [-0.39, 0.29) is 47.9 Å². The lowest BCUT2D eigenvalue weighted by Gasteiger charge is -2.47. The van der Waals surface area contributed by atoms with Crippen molar-refractivity contribution in [2.45, 2.75) is 77.9 Å². The molecule has 0 saturated carbocycles. The molecule has 13 nitrogen and oxygen atoms in total. The first-order chi connectivity index (χ1) is 24.2. The zero-order valence-electron chi connectivity index (χ0n) is 29.4. The highest BCUT2D eigenvalue weighted by Crippen LogP contribution is 2.46. The van der Waals surface area contributed by atoms with Gasteiger partial charge in [0.2, 0.25) is 0 Å². The van der Waals surface area contributed by atoms with E-state index in [1.54, 1.807) is 18.2 Å². The number of ketones is 1. The van der Waals surface area contributed by atoms with Crippen molar-refractivity contribution in [3.05, 3.63) is 82.7 Å². The van der Waals surface area contributed by atoms with Crippen molar-refractivity contribution < 1.29 is 48.1 Å². The second-order valence-electron chi connectivity index (χ2n) is 13.2. The Morgan fingerprint density at radius 1 is 1.02 bits per heavy atom. The van der Waals surface area contributed by atoms with E-state index in [2.05, 4.69) is 22.1 Å². The van der Waals surface area contributed by atoms with Gasteiger partial charge in [-0.25, -0.2) is 0 Å². The Hall–Kier alpha value is -5.77. The molecule has 3 aromatic rings. The van der Waals surface area contributed by atoms with Gasteiger partial charge in [0, 0.05) is 47.9 Å². The molecule has 0 aliphatic carbocycles. The minimum absolute atomic E-state index is 0.0259. The van der Waals surface area contributed by atoms with Gasteiger partial charge in [-0.1, -0.05) is 18.6 Å². The maximum absolute atomic E-state index is 13.3. The number of rotatable bonds is 11. The Labute approximate surface area is 295 Å². The zero-order chi connectivity index (χ0) is 37.8. The minimum Gasteiger partial charge on any atom is -0.507 e. The number of hydrogen-bond acceptors (Lipinski definition) is 11. The summed E-state index contributed by atoms with van der Waals surface area (Å²) in [7, 11) is 0. The number of nitrogens with zero attached hydrogens (tertiary/aromatic N) is 1. The normalized spacial score (nSPS) is 15.8. The maximum Gasteiger partial charge on any atom is 0.373 e. The first kappa shape index (κ1) is 39.7. The topological polar surface area (TPSA) is 189 Å². The molecule has 0 bridgehead atoms. The number of allylic oxidation sites excluding steroid dienone is 2. The van der Waals surface area contributed by atoms with Crippen molar-refractivity contribution in [3.8, 4) is 11.5 Å². The number of aromatic nitrogens is 1. The van der Waals surface area contributed by atoms with E-state index in [9.17, 15) is 19.5 Å². The van der Waals surface area contributed by atoms with Crippen molar-refractivity contribution in [3.63, 3.8) is 0 Å². The Kier molecular flexibility index (Phi) is 13.8. The highest BCUT2D eigenvalue weighted by atomic mass is 16.6. The highest BCUT2D eigenvalue weighted by molar-refractivity contribution is 6.12. The van der Waals surface area contributed by atoms with E-state index in [0.29, 0.717) is 30.8 Å². The van der Waals surface area contributed by atoms with Crippen molar-refractivity contribution in [2.75, 3.05) is 19.7 Å². The predicted octanol–water partition coefficient (Wildman–Crippen LogP) is 4.90. The van der Waals surface area contributed by atoms with Gasteiger partial charge in [0.25, 0.3) is 5.91 Å². The van der Waals surface area contributed by atoms with E-state index in [1.807, 2.05) is 58.2 Å². The summed E-state index contributed by atoms with van der Waals surface area (Å²) in [6, 6.07) is 12.4. The summed E-state index contributed by atoms with van der Waals surface area (Å²) in [6.07, 6.45) is 7.80. The Morgan fingerprint density at radius 2 is 1.71 bits per heavy atom. The number of phenols is 1. The van der Waals surface area contributed by atoms with Crippen molar-refractivity contribution in [1.82, 2.24) is 15.2 Å². The third kappa shape index (κ3) is 10.1. The van der Waals surface area contributed by atoms with Crippen LogP contribution in [-0.2, 0) is 45.5 Å². The molecular formula is C38H43N3O10. The van der Waals surface area contributed by atoms with E-state index in [0.717, 1.165) is 47.9 Å². The standard InChI is InChI=1S/C36H43N3O6.2CO2/c1-23-19-24(33(43)27-11-8-9-12-30(27)40)21-39-18-16-26-28-20-25(14-15-29(28)38-34(26)36(23,39)5)44-22-31(41)37-17-10-6-7-13-32(42)45-35(2,3)4;2*2-1-3/h8-9,11-12,14-15,19-21,38,40H,6-7,10,13,16-18,22H2,1-5H3,(H,37,41);;/t36-;;/m1../s1. The summed E-state index contributed by atoms with van der Waals surface area (Å²) in [5, 5.41) is 14.2. The van der Waals surface area contributed by atoms with Crippen LogP contribution in [0.3, 0.4) is 0 Å². The molecule has 0 saturated heterocycles. The number of phenolic OH excluding ortho intramolecular Hbond substituents is 1. The molecule has 5 rings (SSSR count). The molecule has 0 radical (unpaired) electrons. The molecule has 1 aromatic heterocycles. The average Bonchev–Trinajstić information content (AvgIpc) is 3.45. The molecule has 0 fully saturated rings. The van der Waals surface area contributed by atoms with E-state index in [4.69, 9.17) is 28.7 Å². The van der Waals surface area contributed by atoms with Gasteiger partial charge in [-0.05, 0) is 101 Å². The van der Waals surface area contributed by atoms with E-state index >= 15 is 0 Å². The first-order valence-corrected chi connectivity index (χ1v) is 16.4. The van der Waals surface area contributed by atoms with Crippen LogP contribution in [0.2, 0.25) is 0 Å². The lowest BCUT2D eigenvalue weighted by molar-refractivity contribution is -0.193. The smallest absolute Gasteiger partial charge is 0.373 e. The monoisotopic (exact) mass is 701 g/mol. The second-order valence-corrected chi connectivity index (χ2v) is 13.2. The third-order valence-electron chi connectivity index (χ3n) is 8.56. The van der Waals surface area contributed by atoms with Crippen LogP contribution in [0.25, 0.3) is 10.9 Å². The summed E-state index contributed by atoms with van der Waals surface area (Å²) >= 11 is 0. The Morgan fingerprint density at radius 3 is 2.37 bits per heavy atom. The van der Waals surface area contributed by atoms with Gasteiger partial charge >= 0.3 is 18.3 Å². The molecule has 3 N–H and O–H groups in total. The van der Waals surface area contributed by atoms with Crippen LogP contribution in [0.15, 0.2) is 65.9 Å². The molecular weight excluding hydrogens is 658 g/mol. The van der Waals surface area contributed by atoms with Crippen LogP contribution in [0.1, 0.15) is 81.9 Å².